The van der Waals surface area contributed by atoms with Crippen LogP contribution in [0.1, 0.15) is 38.5 Å². The Hall–Kier alpha value is -0.820. The van der Waals surface area contributed by atoms with Gasteiger partial charge in [0.1, 0.15) is 0 Å². The summed E-state index contributed by atoms with van der Waals surface area (Å²) in [5.41, 5.74) is 0. The molecule has 3 heteroatoms. The van der Waals surface area contributed by atoms with E-state index in [1.54, 1.807) is 19.3 Å². The Morgan fingerprint density at radius 3 is 1.79 bits per heavy atom. The van der Waals surface area contributed by atoms with Crippen molar-refractivity contribution in [3.8, 4) is 0 Å². The SMILES string of the molecule is c1ccc(P(CCNCCSC23CC4CC(CC(C4)C2)C3)c2ccccc2)cc1. The maximum atomic E-state index is 3.78. The highest BCUT2D eigenvalue weighted by Crippen LogP contribution is 2.60. The highest BCUT2D eigenvalue weighted by atomic mass is 32.2. The lowest BCUT2D eigenvalue weighted by Crippen LogP contribution is -2.48. The Morgan fingerprint density at radius 1 is 0.759 bits per heavy atom. The number of rotatable bonds is 9. The smallest absolute Gasteiger partial charge is 0.0168 e. The second-order valence-electron chi connectivity index (χ2n) is 9.52. The second kappa shape index (κ2) is 9.13. The number of hydrogen-bond acceptors (Lipinski definition) is 2. The second-order valence-corrected chi connectivity index (χ2v) is 13.4. The largest absolute Gasteiger partial charge is 0.316 e. The van der Waals surface area contributed by atoms with E-state index in [0.29, 0.717) is 4.75 Å². The molecule has 0 aromatic heterocycles. The van der Waals surface area contributed by atoms with E-state index in [-0.39, 0.29) is 7.92 Å². The van der Waals surface area contributed by atoms with E-state index < -0.39 is 0 Å². The minimum atomic E-state index is -0.263. The van der Waals surface area contributed by atoms with Crippen molar-refractivity contribution in [2.75, 3.05) is 25.0 Å². The van der Waals surface area contributed by atoms with Crippen LogP contribution in [0.2, 0.25) is 0 Å². The van der Waals surface area contributed by atoms with Crippen LogP contribution in [0.25, 0.3) is 0 Å². The zero-order valence-electron chi connectivity index (χ0n) is 17.4. The van der Waals surface area contributed by atoms with E-state index in [4.69, 9.17) is 0 Å². The highest BCUT2D eigenvalue weighted by Gasteiger charge is 2.50. The molecule has 0 unspecified atom stereocenters. The van der Waals surface area contributed by atoms with E-state index >= 15 is 0 Å². The van der Waals surface area contributed by atoms with Gasteiger partial charge in [-0.2, -0.15) is 11.8 Å². The minimum absolute atomic E-state index is 0.263. The van der Waals surface area contributed by atoms with Gasteiger partial charge in [-0.1, -0.05) is 60.7 Å². The molecule has 0 saturated heterocycles. The van der Waals surface area contributed by atoms with Crippen LogP contribution in [0.15, 0.2) is 60.7 Å². The Balaban J connectivity index is 1.10. The van der Waals surface area contributed by atoms with E-state index in [9.17, 15) is 0 Å². The van der Waals surface area contributed by atoms with Gasteiger partial charge < -0.3 is 5.32 Å². The standard InChI is InChI=1S/C26H34NPS/c1-3-7-24(8-4-1)28(25-9-5-2-6-10-25)13-11-27-12-14-29-26-18-21-15-22(19-26)17-23(16-21)20-26/h1-10,21-23,27H,11-20H2. The van der Waals surface area contributed by atoms with Gasteiger partial charge in [0, 0.05) is 17.0 Å². The summed E-state index contributed by atoms with van der Waals surface area (Å²) >= 11 is 2.33. The molecule has 0 spiro atoms. The van der Waals surface area contributed by atoms with Crippen molar-refractivity contribution in [1.82, 2.24) is 5.32 Å². The lowest BCUT2D eigenvalue weighted by Gasteiger charge is -2.56. The van der Waals surface area contributed by atoms with Crippen LogP contribution in [-0.4, -0.2) is 29.8 Å². The monoisotopic (exact) mass is 423 g/mol. The van der Waals surface area contributed by atoms with Crippen LogP contribution in [0.4, 0.5) is 0 Å². The summed E-state index contributed by atoms with van der Waals surface area (Å²) in [5, 5.41) is 6.78. The Kier molecular flexibility index (Phi) is 6.33. The zero-order chi connectivity index (χ0) is 19.5. The molecule has 4 aliphatic carbocycles. The molecule has 1 nitrogen and oxygen atoms in total. The van der Waals surface area contributed by atoms with Crippen LogP contribution in [0.3, 0.4) is 0 Å². The molecule has 0 amide bonds. The predicted octanol–water partition coefficient (Wildman–Crippen LogP) is 5.41. The molecule has 0 aliphatic heterocycles. The zero-order valence-corrected chi connectivity index (χ0v) is 19.1. The van der Waals surface area contributed by atoms with Gasteiger partial charge in [0.15, 0.2) is 0 Å². The quantitative estimate of drug-likeness (QED) is 0.427. The highest BCUT2D eigenvalue weighted by molar-refractivity contribution is 8.00. The van der Waals surface area contributed by atoms with Gasteiger partial charge in [-0.25, -0.2) is 0 Å². The van der Waals surface area contributed by atoms with Gasteiger partial charge in [-0.15, -0.1) is 0 Å². The third kappa shape index (κ3) is 4.76. The topological polar surface area (TPSA) is 12.0 Å². The molecule has 4 fully saturated rings. The molecule has 154 valence electrons. The van der Waals surface area contributed by atoms with E-state index in [0.717, 1.165) is 24.3 Å². The van der Waals surface area contributed by atoms with Crippen molar-refractivity contribution in [1.29, 1.82) is 0 Å². The van der Waals surface area contributed by atoms with Crippen LogP contribution in [0.5, 0.6) is 0 Å². The fraction of sp³-hybridized carbons (Fsp3) is 0.538. The Morgan fingerprint density at radius 2 is 1.28 bits per heavy atom. The van der Waals surface area contributed by atoms with Gasteiger partial charge in [-0.05, 0) is 87.5 Å². The first-order valence-electron chi connectivity index (χ1n) is 11.5. The molecule has 2 aromatic carbocycles. The molecule has 0 atom stereocenters. The molecule has 6 rings (SSSR count). The average Bonchev–Trinajstić information content (AvgIpc) is 2.73. The predicted molar refractivity (Wildman–Crippen MR) is 130 cm³/mol. The summed E-state index contributed by atoms with van der Waals surface area (Å²) in [5.74, 6) is 4.51. The maximum absolute atomic E-state index is 3.78. The van der Waals surface area contributed by atoms with E-state index in [2.05, 4.69) is 77.7 Å². The lowest BCUT2D eigenvalue weighted by atomic mass is 9.56. The van der Waals surface area contributed by atoms with Gasteiger partial charge in [-0.3, -0.25) is 0 Å². The Bertz CT molecular complexity index is 703. The van der Waals surface area contributed by atoms with Crippen LogP contribution in [-0.2, 0) is 0 Å². The van der Waals surface area contributed by atoms with Gasteiger partial charge in [0.25, 0.3) is 0 Å². The first-order valence-corrected chi connectivity index (χ1v) is 14.0. The third-order valence-electron chi connectivity index (χ3n) is 7.32. The summed E-state index contributed by atoms with van der Waals surface area (Å²) in [4.78, 5) is 0. The molecular formula is C26H34NPS. The minimum Gasteiger partial charge on any atom is -0.316 e. The van der Waals surface area contributed by atoms with Crippen molar-refractivity contribution >= 4 is 30.3 Å². The van der Waals surface area contributed by atoms with E-state index in [1.165, 1.54) is 48.3 Å². The van der Waals surface area contributed by atoms with Crippen molar-refractivity contribution in [2.45, 2.75) is 43.3 Å². The fourth-order valence-electron chi connectivity index (χ4n) is 6.49. The number of nitrogens with one attached hydrogen (secondary N) is 1. The van der Waals surface area contributed by atoms with Gasteiger partial charge >= 0.3 is 0 Å². The summed E-state index contributed by atoms with van der Waals surface area (Å²) in [6.07, 6.45) is 10.5. The molecule has 4 saturated carbocycles. The van der Waals surface area contributed by atoms with Crippen LogP contribution in [0, 0.1) is 17.8 Å². The summed E-state index contributed by atoms with van der Waals surface area (Å²) in [6.45, 7) is 2.29. The molecule has 1 N–H and O–H groups in total. The Labute approximate surface area is 182 Å². The van der Waals surface area contributed by atoms with Gasteiger partial charge in [0.2, 0.25) is 0 Å². The number of hydrogen-bond donors (Lipinski definition) is 1. The van der Waals surface area contributed by atoms with Crippen molar-refractivity contribution in [2.24, 2.45) is 17.8 Å². The lowest BCUT2D eigenvalue weighted by molar-refractivity contribution is 0.0383. The number of benzene rings is 2. The normalized spacial score (nSPS) is 30.2. The molecule has 0 radical (unpaired) electrons. The van der Waals surface area contributed by atoms with Crippen LogP contribution < -0.4 is 15.9 Å². The van der Waals surface area contributed by atoms with Crippen molar-refractivity contribution in [3.63, 3.8) is 0 Å². The first-order chi connectivity index (χ1) is 14.3. The molecule has 2 aromatic rings. The summed E-state index contributed by atoms with van der Waals surface area (Å²) in [7, 11) is -0.263. The molecule has 4 aliphatic rings. The molecule has 4 bridgehead atoms. The molecule has 29 heavy (non-hydrogen) atoms. The first kappa shape index (κ1) is 20.1. The molecular weight excluding hydrogens is 389 g/mol. The molecule has 0 heterocycles. The van der Waals surface area contributed by atoms with Crippen molar-refractivity contribution in [3.05, 3.63) is 60.7 Å². The summed E-state index contributed by atoms with van der Waals surface area (Å²) < 4.78 is 0.664. The van der Waals surface area contributed by atoms with E-state index in [1.807, 2.05) is 0 Å². The maximum Gasteiger partial charge on any atom is 0.0168 e. The average molecular weight is 424 g/mol. The third-order valence-corrected chi connectivity index (χ3v) is 11.4. The van der Waals surface area contributed by atoms with Crippen molar-refractivity contribution < 1.29 is 0 Å². The van der Waals surface area contributed by atoms with Gasteiger partial charge in [0.05, 0.1) is 0 Å². The van der Waals surface area contributed by atoms with Crippen LogP contribution >= 0.6 is 19.7 Å². The fourth-order valence-corrected chi connectivity index (χ4v) is 10.5. The summed E-state index contributed by atoms with van der Waals surface area (Å²) in [6, 6.07) is 22.2. The number of thioether (sulfide) groups is 1.